The standard InChI is InChI=1S/C24H19F4N3O3/c1-29-20-4-2-3-12-9-17(27)18(28)11-14(12)21(13-5-6-15(25)16(26)10-13)31(20)30-8-7-19(32)23(33)22(30)24(29)34/h5-11,20-21,33H,2-4H2,1H3/t20-,21+/m0/s1. The Hall–Kier alpha value is -3.82. The molecule has 2 aliphatic heterocycles. The zero-order valence-corrected chi connectivity index (χ0v) is 17.9. The first-order chi connectivity index (χ1) is 16.2. The number of hydrogen-bond donors (Lipinski definition) is 1. The van der Waals surface area contributed by atoms with Crippen LogP contribution in [0.5, 0.6) is 5.75 Å². The van der Waals surface area contributed by atoms with E-state index in [1.165, 1.54) is 28.9 Å². The summed E-state index contributed by atoms with van der Waals surface area (Å²) in [5.74, 6) is -5.74. The average molecular weight is 473 g/mol. The Morgan fingerprint density at radius 1 is 0.941 bits per heavy atom. The van der Waals surface area contributed by atoms with E-state index in [2.05, 4.69) is 0 Å². The first kappa shape index (κ1) is 22.0. The van der Waals surface area contributed by atoms with Crippen LogP contribution in [0.25, 0.3) is 0 Å². The monoisotopic (exact) mass is 473 g/mol. The lowest BCUT2D eigenvalue weighted by Crippen LogP contribution is -2.61. The van der Waals surface area contributed by atoms with Gasteiger partial charge in [0.05, 0.1) is 6.04 Å². The number of benzene rings is 2. The fraction of sp³-hybridized carbons (Fsp3) is 0.250. The van der Waals surface area contributed by atoms with E-state index in [1.807, 2.05) is 0 Å². The summed E-state index contributed by atoms with van der Waals surface area (Å²) in [5.41, 5.74) is -0.107. The number of carbonyl (C=O) groups excluding carboxylic acids is 1. The largest absolute Gasteiger partial charge is 0.502 e. The van der Waals surface area contributed by atoms with Crippen molar-refractivity contribution in [1.29, 1.82) is 0 Å². The second-order valence-electron chi connectivity index (χ2n) is 8.43. The molecule has 34 heavy (non-hydrogen) atoms. The molecule has 0 fully saturated rings. The first-order valence-corrected chi connectivity index (χ1v) is 10.6. The third kappa shape index (κ3) is 3.24. The van der Waals surface area contributed by atoms with Gasteiger partial charge in [0.25, 0.3) is 5.91 Å². The minimum Gasteiger partial charge on any atom is -0.502 e. The molecule has 0 saturated carbocycles. The SMILES string of the molecule is CN1C(=O)c2c(O)c(=O)ccn2N2[C@H](c3ccc(F)c(F)c3)c3cc(F)c(F)cc3CCC[C@@H]12. The molecule has 0 unspecified atom stereocenters. The van der Waals surface area contributed by atoms with Gasteiger partial charge in [-0.15, -0.1) is 0 Å². The quantitative estimate of drug-likeness (QED) is 0.549. The third-order valence-corrected chi connectivity index (χ3v) is 6.49. The van der Waals surface area contributed by atoms with E-state index in [0.717, 1.165) is 30.3 Å². The molecule has 3 aromatic rings. The van der Waals surface area contributed by atoms with Crippen LogP contribution < -0.4 is 10.4 Å². The molecule has 2 aromatic carbocycles. The molecule has 1 amide bonds. The smallest absolute Gasteiger partial charge is 0.277 e. The molecule has 0 saturated heterocycles. The molecule has 10 heteroatoms. The van der Waals surface area contributed by atoms with Crippen LogP contribution in [0.15, 0.2) is 47.4 Å². The van der Waals surface area contributed by atoms with Crippen molar-refractivity contribution in [2.24, 2.45) is 0 Å². The van der Waals surface area contributed by atoms with Crippen molar-refractivity contribution < 1.29 is 27.5 Å². The van der Waals surface area contributed by atoms with Gasteiger partial charge in [0.2, 0.25) is 5.43 Å². The molecule has 5 rings (SSSR count). The zero-order valence-electron chi connectivity index (χ0n) is 17.9. The lowest BCUT2D eigenvalue weighted by Gasteiger charge is -2.50. The van der Waals surface area contributed by atoms with Crippen LogP contribution in [0, 0.1) is 23.3 Å². The van der Waals surface area contributed by atoms with Crippen LogP contribution in [0.3, 0.4) is 0 Å². The lowest BCUT2D eigenvalue weighted by atomic mass is 9.88. The maximum absolute atomic E-state index is 14.5. The Kier molecular flexibility index (Phi) is 5.11. The Morgan fingerprint density at radius 3 is 2.38 bits per heavy atom. The van der Waals surface area contributed by atoms with Crippen molar-refractivity contribution in [1.82, 2.24) is 9.58 Å². The Bertz CT molecular complexity index is 1390. The molecular weight excluding hydrogens is 454 g/mol. The average Bonchev–Trinajstić information content (AvgIpc) is 2.79. The fourth-order valence-electron chi connectivity index (χ4n) is 4.86. The van der Waals surface area contributed by atoms with Crippen molar-refractivity contribution in [2.75, 3.05) is 12.1 Å². The summed E-state index contributed by atoms with van der Waals surface area (Å²) in [6.45, 7) is 0. The number of fused-ring (bicyclic) bond motifs is 4. The van der Waals surface area contributed by atoms with Crippen molar-refractivity contribution >= 4 is 5.91 Å². The normalized spacial score (nSPS) is 19.7. The summed E-state index contributed by atoms with van der Waals surface area (Å²) in [6.07, 6.45) is 1.90. The number of aryl methyl sites for hydroxylation is 1. The topological polar surface area (TPSA) is 65.8 Å². The zero-order chi connectivity index (χ0) is 24.3. The van der Waals surface area contributed by atoms with E-state index in [-0.39, 0.29) is 11.3 Å². The number of carbonyl (C=O) groups is 1. The van der Waals surface area contributed by atoms with Crippen molar-refractivity contribution in [2.45, 2.75) is 31.5 Å². The van der Waals surface area contributed by atoms with Crippen LogP contribution in [0.1, 0.15) is 46.1 Å². The number of aromatic nitrogens is 1. The number of halogens is 4. The Balaban J connectivity index is 1.86. The highest BCUT2D eigenvalue weighted by Gasteiger charge is 2.43. The second kappa shape index (κ2) is 7.89. The van der Waals surface area contributed by atoms with Crippen LogP contribution in [-0.4, -0.2) is 33.8 Å². The van der Waals surface area contributed by atoms with Crippen LogP contribution in [0.4, 0.5) is 17.6 Å². The van der Waals surface area contributed by atoms with E-state index in [0.29, 0.717) is 30.4 Å². The van der Waals surface area contributed by atoms with E-state index in [4.69, 9.17) is 0 Å². The van der Waals surface area contributed by atoms with Gasteiger partial charge in [-0.05, 0) is 60.2 Å². The summed E-state index contributed by atoms with van der Waals surface area (Å²) in [5, 5.41) is 12.0. The molecule has 1 N–H and O–H groups in total. The predicted molar refractivity (Wildman–Crippen MR) is 114 cm³/mol. The summed E-state index contributed by atoms with van der Waals surface area (Å²) in [6, 6.07) is 5.37. The van der Waals surface area contributed by atoms with Crippen LogP contribution >= 0.6 is 0 Å². The van der Waals surface area contributed by atoms with E-state index < -0.39 is 52.6 Å². The highest BCUT2D eigenvalue weighted by atomic mass is 19.2. The van der Waals surface area contributed by atoms with E-state index >= 15 is 0 Å². The number of rotatable bonds is 1. The molecule has 2 aliphatic rings. The lowest BCUT2D eigenvalue weighted by molar-refractivity contribution is 0.0600. The van der Waals surface area contributed by atoms with Gasteiger partial charge in [-0.2, -0.15) is 0 Å². The summed E-state index contributed by atoms with van der Waals surface area (Å²) >= 11 is 0. The number of aromatic hydroxyl groups is 1. The second-order valence-corrected chi connectivity index (χ2v) is 8.43. The molecule has 0 spiro atoms. The highest BCUT2D eigenvalue weighted by molar-refractivity contribution is 5.96. The Labute approximate surface area is 191 Å². The van der Waals surface area contributed by atoms with Gasteiger partial charge in [0.1, 0.15) is 6.17 Å². The molecule has 0 radical (unpaired) electrons. The maximum atomic E-state index is 14.5. The first-order valence-electron chi connectivity index (χ1n) is 10.6. The molecule has 3 heterocycles. The van der Waals surface area contributed by atoms with Crippen LogP contribution in [-0.2, 0) is 6.42 Å². The summed E-state index contributed by atoms with van der Waals surface area (Å²) in [4.78, 5) is 26.5. The highest BCUT2D eigenvalue weighted by Crippen LogP contribution is 2.40. The number of pyridine rings is 1. The minimum absolute atomic E-state index is 0.213. The molecule has 6 nitrogen and oxygen atoms in total. The van der Waals surface area contributed by atoms with E-state index in [9.17, 15) is 32.3 Å². The van der Waals surface area contributed by atoms with Gasteiger partial charge in [-0.3, -0.25) is 19.3 Å². The van der Waals surface area contributed by atoms with Gasteiger partial charge in [0.15, 0.2) is 34.7 Å². The molecular formula is C24H19F4N3O3. The van der Waals surface area contributed by atoms with Gasteiger partial charge in [0, 0.05) is 19.3 Å². The van der Waals surface area contributed by atoms with E-state index in [1.54, 1.807) is 5.01 Å². The number of nitrogens with zero attached hydrogens (tertiary/aromatic N) is 3. The molecule has 1 aromatic heterocycles. The van der Waals surface area contributed by atoms with Gasteiger partial charge >= 0.3 is 0 Å². The van der Waals surface area contributed by atoms with Gasteiger partial charge in [-0.25, -0.2) is 17.6 Å². The van der Waals surface area contributed by atoms with Crippen molar-refractivity contribution in [3.05, 3.63) is 98.5 Å². The maximum Gasteiger partial charge on any atom is 0.277 e. The number of amides is 1. The Morgan fingerprint density at radius 2 is 1.65 bits per heavy atom. The minimum atomic E-state index is -1.13. The molecule has 2 atom stereocenters. The van der Waals surface area contributed by atoms with Crippen molar-refractivity contribution in [3.8, 4) is 5.75 Å². The number of hydrogen-bond acceptors (Lipinski definition) is 4. The van der Waals surface area contributed by atoms with Crippen molar-refractivity contribution in [3.63, 3.8) is 0 Å². The molecule has 0 aliphatic carbocycles. The van der Waals surface area contributed by atoms with Gasteiger partial charge < -0.3 is 10.0 Å². The fourth-order valence-corrected chi connectivity index (χ4v) is 4.86. The molecule has 0 bridgehead atoms. The third-order valence-electron chi connectivity index (χ3n) is 6.49. The predicted octanol–water partition coefficient (Wildman–Crippen LogP) is 3.59. The summed E-state index contributed by atoms with van der Waals surface area (Å²) < 4.78 is 58.0. The summed E-state index contributed by atoms with van der Waals surface area (Å²) in [7, 11) is 1.50. The molecule has 176 valence electrons. The van der Waals surface area contributed by atoms with Crippen LogP contribution in [0.2, 0.25) is 0 Å². The van der Waals surface area contributed by atoms with Gasteiger partial charge in [-0.1, -0.05) is 6.07 Å².